The van der Waals surface area contributed by atoms with E-state index in [1.54, 1.807) is 28.9 Å². The minimum atomic E-state index is -0.497. The van der Waals surface area contributed by atoms with Crippen LogP contribution in [-0.4, -0.2) is 59.3 Å². The average Bonchev–Trinajstić information content (AvgIpc) is 2.49. The fourth-order valence-corrected chi connectivity index (χ4v) is 2.25. The molecule has 120 valence electrons. The number of urea groups is 1. The molecule has 1 atom stereocenters. The van der Waals surface area contributed by atoms with Gasteiger partial charge in [0.1, 0.15) is 11.5 Å². The molecule has 7 heteroatoms. The van der Waals surface area contributed by atoms with Crippen LogP contribution in [0.2, 0.25) is 0 Å². The Hall–Kier alpha value is -2.44. The van der Waals surface area contributed by atoms with Crippen molar-refractivity contribution in [2.75, 3.05) is 26.2 Å². The summed E-state index contributed by atoms with van der Waals surface area (Å²) in [5.41, 5.74) is 0. The van der Waals surface area contributed by atoms with Crippen molar-refractivity contribution in [1.29, 1.82) is 0 Å². The predicted molar refractivity (Wildman–Crippen MR) is 80.6 cm³/mol. The van der Waals surface area contributed by atoms with E-state index in [1.165, 1.54) is 19.1 Å². The number of nitrogens with zero attached hydrogens (tertiary/aromatic N) is 2. The third-order valence-corrected chi connectivity index (χ3v) is 3.49. The van der Waals surface area contributed by atoms with E-state index in [0.717, 1.165) is 0 Å². The zero-order chi connectivity index (χ0) is 16.1. The van der Waals surface area contributed by atoms with Crippen LogP contribution in [0.5, 0.6) is 11.5 Å². The van der Waals surface area contributed by atoms with Gasteiger partial charge in [0.2, 0.25) is 5.91 Å². The number of rotatable bonds is 3. The molecule has 2 rings (SSSR count). The van der Waals surface area contributed by atoms with Gasteiger partial charge in [0.15, 0.2) is 6.23 Å². The number of nitrogens with one attached hydrogen (secondary N) is 1. The molecule has 0 radical (unpaired) electrons. The summed E-state index contributed by atoms with van der Waals surface area (Å²) < 4.78 is 5.56. The number of carbonyl (C=O) groups excluding carboxylic acids is 2. The summed E-state index contributed by atoms with van der Waals surface area (Å²) in [4.78, 5) is 26.8. The minimum Gasteiger partial charge on any atom is -0.508 e. The summed E-state index contributed by atoms with van der Waals surface area (Å²) in [5.74, 6) is 0.753. The maximum atomic E-state index is 12.1. The predicted octanol–water partition coefficient (Wildman–Crippen LogP) is 0.991. The number of piperazine rings is 1. The Bertz CT molecular complexity index is 524. The van der Waals surface area contributed by atoms with E-state index in [4.69, 9.17) is 4.74 Å². The standard InChI is InChI=1S/C15H21N3O4/c1-11(22-14-5-3-13(20)4-6-14)16-15(21)18-9-7-17(8-10-18)12(2)19/h3-6,11,20H,7-10H2,1-2H3,(H,16,21). The van der Waals surface area contributed by atoms with E-state index in [1.807, 2.05) is 0 Å². The van der Waals surface area contributed by atoms with Gasteiger partial charge in [0, 0.05) is 33.1 Å². The van der Waals surface area contributed by atoms with Crippen molar-refractivity contribution in [2.24, 2.45) is 0 Å². The van der Waals surface area contributed by atoms with E-state index in [-0.39, 0.29) is 17.7 Å². The van der Waals surface area contributed by atoms with Gasteiger partial charge in [0.25, 0.3) is 0 Å². The largest absolute Gasteiger partial charge is 0.508 e. The minimum absolute atomic E-state index is 0.0316. The number of phenolic OH excluding ortho intramolecular Hbond substituents is 1. The molecule has 1 saturated heterocycles. The number of amides is 3. The van der Waals surface area contributed by atoms with Gasteiger partial charge in [-0.1, -0.05) is 0 Å². The molecule has 2 N–H and O–H groups in total. The third-order valence-electron chi connectivity index (χ3n) is 3.49. The second kappa shape index (κ2) is 7.02. The zero-order valence-corrected chi connectivity index (χ0v) is 12.8. The van der Waals surface area contributed by atoms with E-state index in [0.29, 0.717) is 31.9 Å². The van der Waals surface area contributed by atoms with Gasteiger partial charge < -0.3 is 25.0 Å². The highest BCUT2D eigenvalue weighted by atomic mass is 16.5. The molecule has 22 heavy (non-hydrogen) atoms. The summed E-state index contributed by atoms with van der Waals surface area (Å²) in [6.07, 6.45) is -0.497. The highest BCUT2D eigenvalue weighted by Crippen LogP contribution is 2.16. The first kappa shape index (κ1) is 15.9. The normalized spacial score (nSPS) is 16.1. The molecule has 1 heterocycles. The van der Waals surface area contributed by atoms with Gasteiger partial charge in [0.05, 0.1) is 0 Å². The van der Waals surface area contributed by atoms with E-state index in [9.17, 15) is 14.7 Å². The van der Waals surface area contributed by atoms with E-state index >= 15 is 0 Å². The number of benzene rings is 1. The SMILES string of the molecule is CC(=O)N1CCN(C(=O)NC(C)Oc2ccc(O)cc2)CC1. The van der Waals surface area contributed by atoms with Crippen molar-refractivity contribution >= 4 is 11.9 Å². The van der Waals surface area contributed by atoms with Crippen LogP contribution in [0, 0.1) is 0 Å². The Balaban J connectivity index is 1.79. The number of hydrogen-bond acceptors (Lipinski definition) is 4. The van der Waals surface area contributed by atoms with Crippen molar-refractivity contribution in [3.63, 3.8) is 0 Å². The molecule has 1 fully saturated rings. The van der Waals surface area contributed by atoms with Crippen molar-refractivity contribution in [3.05, 3.63) is 24.3 Å². The highest BCUT2D eigenvalue weighted by molar-refractivity contribution is 5.76. The van der Waals surface area contributed by atoms with Crippen LogP contribution in [-0.2, 0) is 4.79 Å². The number of aromatic hydroxyl groups is 1. The molecule has 0 aromatic heterocycles. The van der Waals surface area contributed by atoms with Crippen molar-refractivity contribution < 1.29 is 19.4 Å². The summed E-state index contributed by atoms with van der Waals surface area (Å²) in [5, 5.41) is 12.0. The fourth-order valence-electron chi connectivity index (χ4n) is 2.25. The van der Waals surface area contributed by atoms with Crippen molar-refractivity contribution in [1.82, 2.24) is 15.1 Å². The van der Waals surface area contributed by atoms with Gasteiger partial charge in [-0.25, -0.2) is 4.79 Å². The van der Waals surface area contributed by atoms with Crippen LogP contribution in [0.1, 0.15) is 13.8 Å². The summed E-state index contributed by atoms with van der Waals surface area (Å²) in [6, 6.07) is 6.08. The Kier molecular flexibility index (Phi) is 5.08. The highest BCUT2D eigenvalue weighted by Gasteiger charge is 2.23. The smallest absolute Gasteiger partial charge is 0.320 e. The van der Waals surface area contributed by atoms with E-state index in [2.05, 4.69) is 5.32 Å². The number of hydrogen-bond donors (Lipinski definition) is 2. The van der Waals surface area contributed by atoms with Gasteiger partial charge in [-0.3, -0.25) is 4.79 Å². The molecule has 0 aliphatic carbocycles. The van der Waals surface area contributed by atoms with Crippen LogP contribution < -0.4 is 10.1 Å². The molecular weight excluding hydrogens is 286 g/mol. The van der Waals surface area contributed by atoms with Crippen LogP contribution >= 0.6 is 0 Å². The molecule has 3 amide bonds. The molecule has 7 nitrogen and oxygen atoms in total. The molecule has 1 aromatic rings. The molecule has 1 aliphatic rings. The second-order valence-corrected chi connectivity index (χ2v) is 5.20. The molecule has 0 bridgehead atoms. The number of ether oxygens (including phenoxy) is 1. The molecule has 1 aromatic carbocycles. The Morgan fingerprint density at radius 1 is 1.14 bits per heavy atom. The number of phenols is 1. The topological polar surface area (TPSA) is 82.1 Å². The van der Waals surface area contributed by atoms with Gasteiger partial charge in [-0.05, 0) is 31.2 Å². The lowest BCUT2D eigenvalue weighted by atomic mass is 10.3. The maximum Gasteiger partial charge on any atom is 0.320 e. The van der Waals surface area contributed by atoms with Crippen molar-refractivity contribution in [3.8, 4) is 11.5 Å². The van der Waals surface area contributed by atoms with Crippen LogP contribution in [0.25, 0.3) is 0 Å². The monoisotopic (exact) mass is 307 g/mol. The van der Waals surface area contributed by atoms with Gasteiger partial charge in [-0.2, -0.15) is 0 Å². The molecule has 0 saturated carbocycles. The average molecular weight is 307 g/mol. The molecule has 1 aliphatic heterocycles. The zero-order valence-electron chi connectivity index (χ0n) is 12.8. The fraction of sp³-hybridized carbons (Fsp3) is 0.467. The lowest BCUT2D eigenvalue weighted by Gasteiger charge is -2.34. The quantitative estimate of drug-likeness (QED) is 0.816. The van der Waals surface area contributed by atoms with Crippen LogP contribution in [0.3, 0.4) is 0 Å². The summed E-state index contributed by atoms with van der Waals surface area (Å²) in [7, 11) is 0. The molecule has 0 spiro atoms. The Morgan fingerprint density at radius 3 is 2.23 bits per heavy atom. The first-order valence-corrected chi connectivity index (χ1v) is 7.22. The molecular formula is C15H21N3O4. The van der Waals surface area contributed by atoms with Gasteiger partial charge in [-0.15, -0.1) is 0 Å². The maximum absolute atomic E-state index is 12.1. The first-order valence-electron chi connectivity index (χ1n) is 7.22. The Labute approximate surface area is 129 Å². The van der Waals surface area contributed by atoms with Crippen LogP contribution in [0.4, 0.5) is 4.79 Å². The van der Waals surface area contributed by atoms with E-state index < -0.39 is 6.23 Å². The Morgan fingerprint density at radius 2 is 1.68 bits per heavy atom. The van der Waals surface area contributed by atoms with Crippen molar-refractivity contribution in [2.45, 2.75) is 20.1 Å². The summed E-state index contributed by atoms with van der Waals surface area (Å²) >= 11 is 0. The second-order valence-electron chi connectivity index (χ2n) is 5.20. The third kappa shape index (κ3) is 4.28. The summed E-state index contributed by atoms with van der Waals surface area (Å²) in [6.45, 7) is 5.39. The number of carbonyl (C=O) groups is 2. The lowest BCUT2D eigenvalue weighted by Crippen LogP contribution is -2.54. The molecule has 1 unspecified atom stereocenters. The van der Waals surface area contributed by atoms with Crippen LogP contribution in [0.15, 0.2) is 24.3 Å². The lowest BCUT2D eigenvalue weighted by molar-refractivity contribution is -0.130. The van der Waals surface area contributed by atoms with Gasteiger partial charge >= 0.3 is 6.03 Å². The first-order chi connectivity index (χ1) is 10.5.